The van der Waals surface area contributed by atoms with Crippen LogP contribution in [-0.4, -0.2) is 15.0 Å². The molecule has 100 valence electrons. The molecule has 18 heavy (non-hydrogen) atoms. The van der Waals surface area contributed by atoms with Gasteiger partial charge in [0.05, 0.1) is 5.02 Å². The fourth-order valence-corrected chi connectivity index (χ4v) is 3.55. The third-order valence-electron chi connectivity index (χ3n) is 2.87. The van der Waals surface area contributed by atoms with Gasteiger partial charge in [-0.15, -0.1) is 0 Å². The third-order valence-corrected chi connectivity index (χ3v) is 5.11. The normalized spacial score (nSPS) is 15.9. The summed E-state index contributed by atoms with van der Waals surface area (Å²) in [4.78, 5) is 0.0367. The van der Waals surface area contributed by atoms with E-state index < -0.39 is 10.0 Å². The van der Waals surface area contributed by atoms with E-state index in [1.165, 1.54) is 12.1 Å². The molecule has 2 rings (SSSR count). The van der Waals surface area contributed by atoms with E-state index in [2.05, 4.69) is 4.72 Å². The minimum absolute atomic E-state index is 0.0367. The predicted molar refractivity (Wildman–Crippen MR) is 72.3 cm³/mol. The number of rotatable bonds is 5. The van der Waals surface area contributed by atoms with E-state index in [1.807, 2.05) is 0 Å². The molecule has 1 aliphatic rings. The average molecular weight is 309 g/mol. The zero-order valence-corrected chi connectivity index (χ0v) is 11.9. The molecule has 1 fully saturated rings. The van der Waals surface area contributed by atoms with E-state index in [0.29, 0.717) is 23.0 Å². The standard InChI is InChI=1S/C11H14Cl2N2O2S/c12-9-4-10(13)11(3-8(9)5-14)18(16,17)15-6-7-1-2-7/h3-4,7,15H,1-2,5-6,14H2. The van der Waals surface area contributed by atoms with Crippen molar-refractivity contribution in [2.24, 2.45) is 11.7 Å². The molecular weight excluding hydrogens is 295 g/mol. The first-order valence-electron chi connectivity index (χ1n) is 5.61. The molecule has 1 saturated carbocycles. The average Bonchev–Trinajstić information content (AvgIpc) is 3.10. The van der Waals surface area contributed by atoms with Gasteiger partial charge in [0.25, 0.3) is 0 Å². The molecule has 0 aliphatic heterocycles. The lowest BCUT2D eigenvalue weighted by molar-refractivity contribution is 0.577. The van der Waals surface area contributed by atoms with Crippen LogP contribution in [0.3, 0.4) is 0 Å². The lowest BCUT2D eigenvalue weighted by Crippen LogP contribution is -2.26. The fourth-order valence-electron chi connectivity index (χ4n) is 1.56. The summed E-state index contributed by atoms with van der Waals surface area (Å²) in [5, 5.41) is 0.490. The van der Waals surface area contributed by atoms with E-state index in [1.54, 1.807) is 0 Å². The highest BCUT2D eigenvalue weighted by Crippen LogP contribution is 2.30. The van der Waals surface area contributed by atoms with Gasteiger partial charge in [0.1, 0.15) is 4.90 Å². The molecule has 0 radical (unpaired) electrons. The van der Waals surface area contributed by atoms with Crippen molar-refractivity contribution in [2.75, 3.05) is 6.54 Å². The third kappa shape index (κ3) is 3.16. The van der Waals surface area contributed by atoms with Crippen molar-refractivity contribution >= 4 is 33.2 Å². The van der Waals surface area contributed by atoms with Crippen LogP contribution in [0.5, 0.6) is 0 Å². The first kappa shape index (κ1) is 14.1. The van der Waals surface area contributed by atoms with E-state index in [-0.39, 0.29) is 16.5 Å². The van der Waals surface area contributed by atoms with Gasteiger partial charge in [-0.3, -0.25) is 0 Å². The Labute approximate surface area is 117 Å². The summed E-state index contributed by atoms with van der Waals surface area (Å²) in [6.07, 6.45) is 2.15. The van der Waals surface area contributed by atoms with Gasteiger partial charge in [0.2, 0.25) is 10.0 Å². The molecule has 3 N–H and O–H groups in total. The minimum Gasteiger partial charge on any atom is -0.326 e. The Balaban J connectivity index is 2.30. The van der Waals surface area contributed by atoms with Gasteiger partial charge >= 0.3 is 0 Å². The molecule has 0 spiro atoms. The van der Waals surface area contributed by atoms with Crippen LogP contribution >= 0.6 is 23.2 Å². The highest BCUT2D eigenvalue weighted by Gasteiger charge is 2.25. The second kappa shape index (κ2) is 5.35. The van der Waals surface area contributed by atoms with Crippen molar-refractivity contribution < 1.29 is 8.42 Å². The van der Waals surface area contributed by atoms with E-state index in [9.17, 15) is 8.42 Å². The molecule has 7 heteroatoms. The number of sulfonamides is 1. The monoisotopic (exact) mass is 308 g/mol. The molecule has 0 amide bonds. The van der Waals surface area contributed by atoms with Crippen LogP contribution in [0.25, 0.3) is 0 Å². The predicted octanol–water partition coefficient (Wildman–Crippen LogP) is 2.14. The van der Waals surface area contributed by atoms with Gasteiger partial charge in [0.15, 0.2) is 0 Å². The SMILES string of the molecule is NCc1cc(S(=O)(=O)NCC2CC2)c(Cl)cc1Cl. The molecule has 0 saturated heterocycles. The molecular formula is C11H14Cl2N2O2S. The molecule has 1 aromatic carbocycles. The van der Waals surface area contributed by atoms with Gasteiger partial charge in [-0.05, 0) is 36.5 Å². The maximum atomic E-state index is 12.1. The summed E-state index contributed by atoms with van der Waals surface area (Å²) in [6.45, 7) is 0.625. The van der Waals surface area contributed by atoms with Crippen molar-refractivity contribution in [1.29, 1.82) is 0 Å². The van der Waals surface area contributed by atoms with Gasteiger partial charge in [-0.25, -0.2) is 13.1 Å². The summed E-state index contributed by atoms with van der Waals surface area (Å²) >= 11 is 11.8. The number of nitrogens with two attached hydrogens (primary N) is 1. The second-order valence-corrected chi connectivity index (χ2v) is 6.92. The quantitative estimate of drug-likeness (QED) is 0.875. The zero-order chi connectivity index (χ0) is 13.3. The summed E-state index contributed by atoms with van der Waals surface area (Å²) in [5.74, 6) is 0.458. The van der Waals surface area contributed by atoms with Crippen molar-refractivity contribution in [1.82, 2.24) is 4.72 Å². The molecule has 0 unspecified atom stereocenters. The van der Waals surface area contributed by atoms with Crippen LogP contribution < -0.4 is 10.5 Å². The lowest BCUT2D eigenvalue weighted by atomic mass is 10.2. The van der Waals surface area contributed by atoms with Gasteiger partial charge in [-0.1, -0.05) is 23.2 Å². The first-order chi connectivity index (χ1) is 8.44. The van der Waals surface area contributed by atoms with E-state index in [4.69, 9.17) is 28.9 Å². The molecule has 0 aromatic heterocycles. The number of benzene rings is 1. The zero-order valence-electron chi connectivity index (χ0n) is 9.62. The minimum atomic E-state index is -3.59. The lowest BCUT2D eigenvalue weighted by Gasteiger charge is -2.10. The maximum Gasteiger partial charge on any atom is 0.242 e. The molecule has 0 heterocycles. The summed E-state index contributed by atoms with van der Waals surface area (Å²) in [7, 11) is -3.59. The Hall–Kier alpha value is -0.330. The largest absolute Gasteiger partial charge is 0.326 e. The van der Waals surface area contributed by atoms with Crippen LogP contribution in [0.15, 0.2) is 17.0 Å². The summed E-state index contributed by atoms with van der Waals surface area (Å²) in [5.41, 5.74) is 6.07. The van der Waals surface area contributed by atoms with Crippen molar-refractivity contribution in [3.63, 3.8) is 0 Å². The van der Waals surface area contributed by atoms with Crippen molar-refractivity contribution in [2.45, 2.75) is 24.3 Å². The molecule has 4 nitrogen and oxygen atoms in total. The van der Waals surface area contributed by atoms with Crippen LogP contribution in [0, 0.1) is 5.92 Å². The Morgan fingerprint density at radius 2 is 1.94 bits per heavy atom. The Kier molecular flexibility index (Phi) is 4.18. The number of hydrogen-bond acceptors (Lipinski definition) is 3. The summed E-state index contributed by atoms with van der Waals surface area (Å²) in [6, 6.07) is 2.84. The Bertz CT molecular complexity index is 556. The number of halogens is 2. The smallest absolute Gasteiger partial charge is 0.242 e. The van der Waals surface area contributed by atoms with Crippen LogP contribution in [0.1, 0.15) is 18.4 Å². The van der Waals surface area contributed by atoms with Gasteiger partial charge in [0, 0.05) is 18.1 Å². The molecule has 1 aliphatic carbocycles. The van der Waals surface area contributed by atoms with Crippen molar-refractivity contribution in [3.8, 4) is 0 Å². The first-order valence-corrected chi connectivity index (χ1v) is 7.85. The highest BCUT2D eigenvalue weighted by atomic mass is 35.5. The molecule has 0 bridgehead atoms. The summed E-state index contributed by atoms with van der Waals surface area (Å²) < 4.78 is 26.7. The van der Waals surface area contributed by atoms with Crippen LogP contribution in [0.4, 0.5) is 0 Å². The van der Waals surface area contributed by atoms with Crippen LogP contribution in [-0.2, 0) is 16.6 Å². The molecule has 1 aromatic rings. The van der Waals surface area contributed by atoms with Gasteiger partial charge < -0.3 is 5.73 Å². The van der Waals surface area contributed by atoms with E-state index in [0.717, 1.165) is 12.8 Å². The number of hydrogen-bond donors (Lipinski definition) is 2. The highest BCUT2D eigenvalue weighted by molar-refractivity contribution is 7.89. The fraction of sp³-hybridized carbons (Fsp3) is 0.455. The van der Waals surface area contributed by atoms with Crippen molar-refractivity contribution in [3.05, 3.63) is 27.7 Å². The Morgan fingerprint density at radius 1 is 1.28 bits per heavy atom. The second-order valence-electron chi connectivity index (χ2n) is 4.37. The molecule has 0 atom stereocenters. The number of nitrogens with one attached hydrogen (secondary N) is 1. The topological polar surface area (TPSA) is 72.2 Å². The van der Waals surface area contributed by atoms with E-state index >= 15 is 0 Å². The van der Waals surface area contributed by atoms with Gasteiger partial charge in [-0.2, -0.15) is 0 Å². The van der Waals surface area contributed by atoms with Crippen LogP contribution in [0.2, 0.25) is 10.0 Å². The maximum absolute atomic E-state index is 12.1. The Morgan fingerprint density at radius 3 is 2.50 bits per heavy atom.